The summed E-state index contributed by atoms with van der Waals surface area (Å²) >= 11 is 15.5. The maximum absolute atomic E-state index is 10.5. The molecule has 0 saturated carbocycles. The Kier molecular flexibility index (Phi) is 31.4. The molecule has 0 heterocycles. The van der Waals surface area contributed by atoms with Gasteiger partial charge in [0.25, 0.3) is 0 Å². The van der Waals surface area contributed by atoms with Gasteiger partial charge in [0, 0.05) is 11.8 Å². The molecular formula is C19H24Cl3KO5. The molecule has 2 N–H and O–H groups in total. The van der Waals surface area contributed by atoms with Gasteiger partial charge in [-0.3, -0.25) is 9.59 Å². The minimum atomic E-state index is 0. The molecule has 0 aromatic heterocycles. The van der Waals surface area contributed by atoms with Crippen molar-refractivity contribution >= 4 is 47.4 Å². The van der Waals surface area contributed by atoms with Gasteiger partial charge >= 0.3 is 51.4 Å². The average Bonchev–Trinajstić information content (AvgIpc) is 2.67. The third-order valence-corrected chi connectivity index (χ3v) is 3.24. The van der Waals surface area contributed by atoms with E-state index in [2.05, 4.69) is 0 Å². The van der Waals surface area contributed by atoms with Crippen LogP contribution in [0.15, 0.2) is 48.5 Å². The number of para-hydroxylation sites is 2. The molecule has 0 aliphatic heterocycles. The number of carbonyl (C=O) groups excluding carboxylic acids is 2. The van der Waals surface area contributed by atoms with Crippen molar-refractivity contribution < 1.29 is 76.3 Å². The summed E-state index contributed by atoms with van der Waals surface area (Å²) in [4.78, 5) is 20.5. The molecule has 0 unspecified atom stereocenters. The minimum absolute atomic E-state index is 0. The van der Waals surface area contributed by atoms with Crippen LogP contribution >= 0.6 is 34.8 Å². The second-order valence-electron chi connectivity index (χ2n) is 4.25. The Morgan fingerprint density at radius 3 is 1.68 bits per heavy atom. The Labute approximate surface area is 224 Å². The molecule has 0 bridgehead atoms. The van der Waals surface area contributed by atoms with Crippen molar-refractivity contribution in [1.29, 1.82) is 0 Å². The maximum atomic E-state index is 10.5. The van der Waals surface area contributed by atoms with E-state index in [4.69, 9.17) is 44.6 Å². The number of hydrogen-bond donors (Lipinski definition) is 1. The number of hydrogen-bond acceptors (Lipinski definition) is 5. The summed E-state index contributed by atoms with van der Waals surface area (Å²) in [5, 5.41) is 8.88. The molecule has 2 rings (SSSR count). The molecule has 152 valence electrons. The van der Waals surface area contributed by atoms with Gasteiger partial charge in [0.05, 0.1) is 17.0 Å². The van der Waals surface area contributed by atoms with Crippen molar-refractivity contribution in [3.05, 3.63) is 59.7 Å². The Bertz CT molecular complexity index is 628. The van der Waals surface area contributed by atoms with Crippen LogP contribution in [0.4, 0.5) is 0 Å². The van der Waals surface area contributed by atoms with Crippen LogP contribution in [0, 0.1) is 0 Å². The topological polar surface area (TPSA) is 93.6 Å². The number of rotatable bonds is 6. The number of benzene rings is 2. The zero-order valence-electron chi connectivity index (χ0n) is 14.9. The smallest absolute Gasteiger partial charge is 0.870 e. The summed E-state index contributed by atoms with van der Waals surface area (Å²) in [6.07, 6.45) is 1.39. The Morgan fingerprint density at radius 1 is 0.821 bits per heavy atom. The monoisotopic (exact) mass is 476 g/mol. The number of carbonyl (C=O) groups is 2. The number of halogens is 3. The average molecular weight is 478 g/mol. The fourth-order valence-corrected chi connectivity index (χ4v) is 1.52. The molecule has 0 aliphatic rings. The second-order valence-corrected chi connectivity index (χ2v) is 5.38. The largest absolute Gasteiger partial charge is 1.00 e. The summed E-state index contributed by atoms with van der Waals surface area (Å²) < 4.78 is 5.21. The Morgan fingerprint density at radius 2 is 1.29 bits per heavy atom. The number of aromatic hydroxyl groups is 1. The van der Waals surface area contributed by atoms with Crippen LogP contribution in [0.25, 0.3) is 0 Å². The molecule has 0 spiro atoms. The molecule has 0 aliphatic carbocycles. The van der Waals surface area contributed by atoms with Gasteiger partial charge in [0.1, 0.15) is 18.1 Å². The number of alkyl halides is 3. The molecule has 0 fully saturated rings. The number of phenolic OH excluding ortho intramolecular Hbond substituents is 1. The number of phenols is 1. The van der Waals surface area contributed by atoms with Gasteiger partial charge in [-0.15, -0.1) is 34.8 Å². The molecule has 9 heteroatoms. The van der Waals surface area contributed by atoms with Crippen LogP contribution in [0.1, 0.15) is 28.1 Å². The van der Waals surface area contributed by atoms with Gasteiger partial charge in [-0.25, -0.2) is 0 Å². The third-order valence-electron chi connectivity index (χ3n) is 2.52. The summed E-state index contributed by atoms with van der Waals surface area (Å²) in [5.41, 5.74) is 0.889. The fraction of sp³-hybridized carbons (Fsp3) is 0.263. The van der Waals surface area contributed by atoms with E-state index in [9.17, 15) is 9.59 Å². The normalized spacial score (nSPS) is 7.96. The molecule has 5 nitrogen and oxygen atoms in total. The van der Waals surface area contributed by atoms with Gasteiger partial charge in [-0.2, -0.15) is 0 Å². The van der Waals surface area contributed by atoms with Crippen molar-refractivity contribution in [1.82, 2.24) is 0 Å². The van der Waals surface area contributed by atoms with E-state index in [0.717, 1.165) is 6.29 Å². The molecule has 0 amide bonds. The second kappa shape index (κ2) is 24.9. The van der Waals surface area contributed by atoms with Gasteiger partial charge in [-0.1, -0.05) is 31.7 Å². The molecule has 0 saturated heterocycles. The predicted molar refractivity (Wildman–Crippen MR) is 112 cm³/mol. The van der Waals surface area contributed by atoms with E-state index in [-0.39, 0.29) is 70.0 Å². The Hall–Kier alpha value is -0.154. The van der Waals surface area contributed by atoms with Crippen molar-refractivity contribution in [2.24, 2.45) is 0 Å². The van der Waals surface area contributed by atoms with Crippen LogP contribution < -0.4 is 56.1 Å². The van der Waals surface area contributed by atoms with Gasteiger partial charge < -0.3 is 15.3 Å². The van der Waals surface area contributed by atoms with Crippen LogP contribution in [0.3, 0.4) is 0 Å². The number of ether oxygens (including phenoxy) is 1. The summed E-state index contributed by atoms with van der Waals surface area (Å²) in [7, 11) is 0. The minimum Gasteiger partial charge on any atom is -0.870 e. The van der Waals surface area contributed by atoms with Crippen LogP contribution in [-0.2, 0) is 0 Å². The molecule has 2 aromatic rings. The summed E-state index contributed by atoms with van der Waals surface area (Å²) in [5.74, 6) is 2.16. The first-order valence-corrected chi connectivity index (χ1v) is 8.83. The van der Waals surface area contributed by atoms with Crippen molar-refractivity contribution in [2.45, 2.75) is 7.43 Å². The van der Waals surface area contributed by atoms with E-state index in [1.807, 2.05) is 6.07 Å². The fourth-order valence-electron chi connectivity index (χ4n) is 1.45. The van der Waals surface area contributed by atoms with Crippen LogP contribution in [-0.4, -0.2) is 47.4 Å². The van der Waals surface area contributed by atoms with Crippen LogP contribution in [0.5, 0.6) is 11.5 Å². The van der Waals surface area contributed by atoms with Crippen LogP contribution in [0.2, 0.25) is 0 Å². The quantitative estimate of drug-likeness (QED) is 0.391. The first-order valence-electron chi connectivity index (χ1n) is 7.22. The SMILES string of the molecule is C.ClCCCl.O=Cc1ccccc1O.O=Cc1ccccc1OCCCl.[K+].[OH-]. The molecule has 0 atom stereocenters. The molecule has 0 radical (unpaired) electrons. The zero-order valence-corrected chi connectivity index (χ0v) is 20.2. The van der Waals surface area contributed by atoms with Gasteiger partial charge in [-0.05, 0) is 24.3 Å². The van der Waals surface area contributed by atoms with Crippen molar-refractivity contribution in [3.8, 4) is 11.5 Å². The third kappa shape index (κ3) is 16.8. The van der Waals surface area contributed by atoms with E-state index in [0.29, 0.717) is 47.4 Å². The molecule has 2 aromatic carbocycles. The maximum Gasteiger partial charge on any atom is 1.00 e. The van der Waals surface area contributed by atoms with E-state index in [1.54, 1.807) is 36.4 Å². The number of aldehydes is 2. The van der Waals surface area contributed by atoms with Crippen molar-refractivity contribution in [3.63, 3.8) is 0 Å². The van der Waals surface area contributed by atoms with Gasteiger partial charge in [0.2, 0.25) is 0 Å². The van der Waals surface area contributed by atoms with E-state index >= 15 is 0 Å². The summed E-state index contributed by atoms with van der Waals surface area (Å²) in [6, 6.07) is 13.5. The molecular weight excluding hydrogens is 454 g/mol. The van der Waals surface area contributed by atoms with E-state index < -0.39 is 0 Å². The van der Waals surface area contributed by atoms with E-state index in [1.165, 1.54) is 6.07 Å². The first-order chi connectivity index (χ1) is 12.1. The van der Waals surface area contributed by atoms with Gasteiger partial charge in [0.15, 0.2) is 12.6 Å². The molecule has 28 heavy (non-hydrogen) atoms. The standard InChI is InChI=1S/C9H9ClO2.C7H6O2.C2H4Cl2.CH4.K.H2O/c10-5-6-12-9-4-2-1-3-8(9)7-11;8-5-6-3-1-2-4-7(6)9;3-1-2-4;;;/h1-4,7H,5-6H2;1-5,9H;1-2H2;1H4;;1H2/q;;;;+1;/p-1. The summed E-state index contributed by atoms with van der Waals surface area (Å²) in [6.45, 7) is 0.423. The first kappa shape index (κ1) is 35.3. The predicted octanol–water partition coefficient (Wildman–Crippen LogP) is 2.25. The van der Waals surface area contributed by atoms with Crippen molar-refractivity contribution in [2.75, 3.05) is 24.2 Å². The Balaban J connectivity index is -0.000000162. The zero-order chi connectivity index (χ0) is 18.9.